The first-order chi connectivity index (χ1) is 6.74. The summed E-state index contributed by atoms with van der Waals surface area (Å²) >= 11 is 7.67. The van der Waals surface area contributed by atoms with E-state index in [0.29, 0.717) is 0 Å². The fraction of sp³-hybridized carbons (Fsp3) is 0.400. The molecule has 3 rings (SSSR count). The van der Waals surface area contributed by atoms with E-state index in [1.807, 2.05) is 0 Å². The van der Waals surface area contributed by atoms with Crippen molar-refractivity contribution in [2.75, 3.05) is 13.6 Å². The zero-order valence-electron chi connectivity index (χ0n) is 7.96. The van der Waals surface area contributed by atoms with Gasteiger partial charge in [0.25, 0.3) is 0 Å². The predicted octanol–water partition coefficient (Wildman–Crippen LogP) is 2.80. The van der Waals surface area contributed by atoms with Gasteiger partial charge in [0.1, 0.15) is 4.83 Å². The molecule has 0 aromatic carbocycles. The second-order valence-electron chi connectivity index (χ2n) is 3.84. The highest BCUT2D eigenvalue weighted by Crippen LogP contribution is 2.33. The van der Waals surface area contributed by atoms with Crippen molar-refractivity contribution in [2.45, 2.75) is 13.1 Å². The molecule has 0 N–H and O–H groups in total. The Bertz CT molecular complexity index is 485. The summed E-state index contributed by atoms with van der Waals surface area (Å²) in [4.78, 5) is 3.68. The molecule has 0 unspecified atom stereocenters. The number of fused-ring (bicyclic) bond motifs is 3. The minimum atomic E-state index is 0.893. The van der Waals surface area contributed by atoms with Crippen molar-refractivity contribution in [3.8, 4) is 0 Å². The van der Waals surface area contributed by atoms with E-state index in [4.69, 9.17) is 11.6 Å². The van der Waals surface area contributed by atoms with E-state index < -0.39 is 0 Å². The molecule has 2 nitrogen and oxygen atoms in total. The maximum Gasteiger partial charge on any atom is 0.104 e. The molecule has 0 saturated heterocycles. The topological polar surface area (TPSA) is 8.17 Å². The fourth-order valence-electron chi connectivity index (χ4n) is 2.07. The highest BCUT2D eigenvalue weighted by molar-refractivity contribution is 7.22. The lowest BCUT2D eigenvalue weighted by Gasteiger charge is -2.24. The van der Waals surface area contributed by atoms with Crippen LogP contribution in [-0.4, -0.2) is 23.1 Å². The van der Waals surface area contributed by atoms with E-state index >= 15 is 0 Å². The number of hydrogen-bond acceptors (Lipinski definition) is 2. The zero-order chi connectivity index (χ0) is 9.71. The van der Waals surface area contributed by atoms with E-state index in [2.05, 4.69) is 28.6 Å². The molecule has 0 saturated carbocycles. The molecule has 0 spiro atoms. The number of halogens is 1. The van der Waals surface area contributed by atoms with Gasteiger partial charge in [-0.1, -0.05) is 11.6 Å². The maximum atomic E-state index is 5.99. The first-order valence-corrected chi connectivity index (χ1v) is 5.89. The number of nitrogens with zero attached hydrogens (tertiary/aromatic N) is 2. The molecule has 0 radical (unpaired) electrons. The molecule has 0 bridgehead atoms. The van der Waals surface area contributed by atoms with Crippen LogP contribution in [0.2, 0.25) is 4.34 Å². The number of aromatic nitrogens is 1. The van der Waals surface area contributed by atoms with Gasteiger partial charge < -0.3 is 4.57 Å². The first kappa shape index (κ1) is 8.77. The summed E-state index contributed by atoms with van der Waals surface area (Å²) < 4.78 is 3.29. The van der Waals surface area contributed by atoms with Gasteiger partial charge in [-0.05, 0) is 19.2 Å². The van der Waals surface area contributed by atoms with Gasteiger partial charge in [-0.15, -0.1) is 11.3 Å². The summed E-state index contributed by atoms with van der Waals surface area (Å²) in [7, 11) is 2.16. The maximum absolute atomic E-state index is 5.99. The van der Waals surface area contributed by atoms with Crippen LogP contribution in [-0.2, 0) is 13.1 Å². The predicted molar refractivity (Wildman–Crippen MR) is 61.2 cm³/mol. The lowest BCUT2D eigenvalue weighted by Crippen LogP contribution is -2.29. The lowest BCUT2D eigenvalue weighted by molar-refractivity contribution is 0.273. The molecule has 4 heteroatoms. The molecule has 1 aliphatic rings. The van der Waals surface area contributed by atoms with Gasteiger partial charge in [0.05, 0.1) is 4.34 Å². The van der Waals surface area contributed by atoms with E-state index in [0.717, 1.165) is 24.0 Å². The minimum Gasteiger partial charge on any atom is -0.334 e. The van der Waals surface area contributed by atoms with Crippen molar-refractivity contribution < 1.29 is 0 Å². The van der Waals surface area contributed by atoms with Crippen molar-refractivity contribution in [2.24, 2.45) is 0 Å². The molecule has 74 valence electrons. The number of hydrogen-bond donors (Lipinski definition) is 0. The zero-order valence-corrected chi connectivity index (χ0v) is 9.53. The summed E-state index contributed by atoms with van der Waals surface area (Å²) in [6.45, 7) is 3.28. The Hall–Kier alpha value is -0.510. The fourth-order valence-corrected chi connectivity index (χ4v) is 3.33. The van der Waals surface area contributed by atoms with E-state index in [-0.39, 0.29) is 0 Å². The highest BCUT2D eigenvalue weighted by Gasteiger charge is 2.17. The minimum absolute atomic E-state index is 0.893. The molecular weight excluding hydrogens is 216 g/mol. The van der Waals surface area contributed by atoms with Crippen molar-refractivity contribution >= 4 is 33.2 Å². The second-order valence-corrected chi connectivity index (χ2v) is 5.50. The Morgan fingerprint density at radius 1 is 1.36 bits per heavy atom. The van der Waals surface area contributed by atoms with Gasteiger partial charge in [0.15, 0.2) is 0 Å². The standard InChI is InChI=1S/C10H11ClN2S/c1-12-2-3-13-8(6-12)4-7-5-9(11)14-10(7)13/h4-5H,2-3,6H2,1H3. The second kappa shape index (κ2) is 2.99. The molecule has 14 heavy (non-hydrogen) atoms. The van der Waals surface area contributed by atoms with Crippen LogP contribution in [0.25, 0.3) is 10.2 Å². The number of thiophene rings is 1. The summed E-state index contributed by atoms with van der Waals surface area (Å²) in [5.74, 6) is 0. The molecule has 3 heterocycles. The Morgan fingerprint density at radius 3 is 3.07 bits per heavy atom. The van der Waals surface area contributed by atoms with E-state index in [1.165, 1.54) is 15.9 Å². The normalized spacial score (nSPS) is 17.6. The highest BCUT2D eigenvalue weighted by atomic mass is 35.5. The summed E-state index contributed by atoms with van der Waals surface area (Å²) in [6, 6.07) is 4.32. The monoisotopic (exact) mass is 226 g/mol. The molecule has 2 aromatic rings. The van der Waals surface area contributed by atoms with Crippen molar-refractivity contribution in [1.82, 2.24) is 9.47 Å². The van der Waals surface area contributed by atoms with Gasteiger partial charge in [-0.25, -0.2) is 0 Å². The van der Waals surface area contributed by atoms with Crippen molar-refractivity contribution in [3.63, 3.8) is 0 Å². The van der Waals surface area contributed by atoms with Gasteiger partial charge in [0, 0.05) is 30.7 Å². The van der Waals surface area contributed by atoms with Gasteiger partial charge >= 0.3 is 0 Å². The van der Waals surface area contributed by atoms with Gasteiger partial charge in [-0.2, -0.15) is 0 Å². The Balaban J connectivity index is 2.21. The average Bonchev–Trinajstić information content (AvgIpc) is 2.59. The van der Waals surface area contributed by atoms with Gasteiger partial charge in [-0.3, -0.25) is 4.90 Å². The third-order valence-electron chi connectivity index (χ3n) is 2.76. The van der Waals surface area contributed by atoms with Gasteiger partial charge in [0.2, 0.25) is 0 Å². The Kier molecular flexibility index (Phi) is 1.87. The smallest absolute Gasteiger partial charge is 0.104 e. The van der Waals surface area contributed by atoms with E-state index in [9.17, 15) is 0 Å². The molecular formula is C10H11ClN2S. The van der Waals surface area contributed by atoms with Crippen LogP contribution in [0.4, 0.5) is 0 Å². The van der Waals surface area contributed by atoms with Crippen molar-refractivity contribution in [1.29, 1.82) is 0 Å². The first-order valence-electron chi connectivity index (χ1n) is 4.70. The molecule has 0 fully saturated rings. The van der Waals surface area contributed by atoms with E-state index in [1.54, 1.807) is 11.3 Å². The average molecular weight is 227 g/mol. The summed E-state index contributed by atoms with van der Waals surface area (Å²) in [6.07, 6.45) is 0. The molecule has 0 atom stereocenters. The Labute approximate surface area is 91.7 Å². The van der Waals surface area contributed by atoms with Crippen molar-refractivity contribution in [3.05, 3.63) is 22.2 Å². The van der Waals surface area contributed by atoms with Crippen LogP contribution >= 0.6 is 22.9 Å². The van der Waals surface area contributed by atoms with Crippen LogP contribution in [0.5, 0.6) is 0 Å². The summed E-state index contributed by atoms with van der Waals surface area (Å²) in [5.41, 5.74) is 1.41. The van der Waals surface area contributed by atoms with Crippen LogP contribution in [0.1, 0.15) is 5.69 Å². The molecule has 0 aliphatic carbocycles. The number of rotatable bonds is 0. The van der Waals surface area contributed by atoms with Crippen LogP contribution in [0.15, 0.2) is 12.1 Å². The molecule has 2 aromatic heterocycles. The summed E-state index contributed by atoms with van der Waals surface area (Å²) in [5, 5.41) is 1.30. The lowest BCUT2D eigenvalue weighted by atomic mass is 10.3. The van der Waals surface area contributed by atoms with Crippen LogP contribution in [0, 0.1) is 0 Å². The Morgan fingerprint density at radius 2 is 2.21 bits per heavy atom. The third kappa shape index (κ3) is 1.20. The van der Waals surface area contributed by atoms with Crippen LogP contribution in [0.3, 0.4) is 0 Å². The largest absolute Gasteiger partial charge is 0.334 e. The quantitative estimate of drug-likeness (QED) is 0.671. The third-order valence-corrected chi connectivity index (χ3v) is 4.06. The molecule has 0 amide bonds. The number of likely N-dealkylation sites (N-methyl/N-ethyl adjacent to an activating group) is 1. The molecule has 1 aliphatic heterocycles. The van der Waals surface area contributed by atoms with Crippen LogP contribution < -0.4 is 0 Å². The SMILES string of the molecule is CN1CCn2c(cc3cc(Cl)sc32)C1.